The molecule has 10 nitrogen and oxygen atoms in total. The lowest BCUT2D eigenvalue weighted by Crippen LogP contribution is -2.48. The van der Waals surface area contributed by atoms with Crippen LogP contribution in [0.4, 0.5) is 11.4 Å². The number of amides is 3. The van der Waals surface area contributed by atoms with Crippen LogP contribution in [0.25, 0.3) is 10.4 Å². The van der Waals surface area contributed by atoms with Gasteiger partial charge in [0.15, 0.2) is 0 Å². The Balaban J connectivity index is 1.43. The van der Waals surface area contributed by atoms with Gasteiger partial charge in [0.25, 0.3) is 0 Å². The van der Waals surface area contributed by atoms with Crippen LogP contribution in [0, 0.1) is 0 Å². The van der Waals surface area contributed by atoms with Crippen molar-refractivity contribution in [1.29, 1.82) is 0 Å². The van der Waals surface area contributed by atoms with Crippen molar-refractivity contribution in [3.8, 4) is 0 Å². The zero-order valence-electron chi connectivity index (χ0n) is 16.9. The number of nitrogens with one attached hydrogen (secondary N) is 2. The summed E-state index contributed by atoms with van der Waals surface area (Å²) in [6.45, 7) is 3.34. The van der Waals surface area contributed by atoms with Crippen molar-refractivity contribution in [3.05, 3.63) is 34.7 Å². The van der Waals surface area contributed by atoms with Crippen molar-refractivity contribution in [2.24, 2.45) is 5.11 Å². The number of benzene rings is 1. The van der Waals surface area contributed by atoms with Gasteiger partial charge in [-0.25, -0.2) is 0 Å². The molecule has 3 amide bonds. The first-order valence-electron chi connectivity index (χ1n) is 10.3. The average molecular weight is 413 g/mol. The van der Waals surface area contributed by atoms with Crippen LogP contribution in [-0.2, 0) is 14.4 Å². The van der Waals surface area contributed by atoms with E-state index in [2.05, 4.69) is 25.6 Å². The lowest BCUT2D eigenvalue weighted by Gasteiger charge is -2.36. The second-order valence-electron chi connectivity index (χ2n) is 7.47. The van der Waals surface area contributed by atoms with Crippen LogP contribution in [0.15, 0.2) is 29.4 Å². The van der Waals surface area contributed by atoms with Crippen LogP contribution >= 0.6 is 0 Å². The highest BCUT2D eigenvalue weighted by Gasteiger charge is 2.26. The van der Waals surface area contributed by atoms with Gasteiger partial charge in [-0.1, -0.05) is 5.11 Å². The van der Waals surface area contributed by atoms with Crippen LogP contribution in [0.5, 0.6) is 0 Å². The molecular formula is C20H27N7O3. The summed E-state index contributed by atoms with van der Waals surface area (Å²) in [5.41, 5.74) is 10.2. The molecule has 1 unspecified atom stereocenters. The molecule has 2 aliphatic heterocycles. The van der Waals surface area contributed by atoms with E-state index >= 15 is 0 Å². The van der Waals surface area contributed by atoms with E-state index in [0.717, 1.165) is 37.3 Å². The highest BCUT2D eigenvalue weighted by atomic mass is 16.2. The first kappa shape index (κ1) is 21.4. The molecule has 30 heavy (non-hydrogen) atoms. The number of carbonyl (C=O) groups excluding carboxylic acids is 3. The summed E-state index contributed by atoms with van der Waals surface area (Å²) in [5, 5.41) is 9.00. The van der Waals surface area contributed by atoms with E-state index in [1.807, 2.05) is 29.2 Å². The summed E-state index contributed by atoms with van der Waals surface area (Å²) in [5.74, 6) is -0.354. The molecule has 0 spiro atoms. The monoisotopic (exact) mass is 413 g/mol. The Hall–Kier alpha value is -3.26. The second kappa shape index (κ2) is 10.5. The van der Waals surface area contributed by atoms with Crippen molar-refractivity contribution in [2.75, 3.05) is 42.9 Å². The van der Waals surface area contributed by atoms with Gasteiger partial charge in [0, 0.05) is 61.9 Å². The maximum absolute atomic E-state index is 12.3. The Labute approximate surface area is 175 Å². The van der Waals surface area contributed by atoms with Crippen LogP contribution in [-0.4, -0.2) is 61.4 Å². The fourth-order valence-corrected chi connectivity index (χ4v) is 3.68. The molecule has 1 atom stereocenters. The van der Waals surface area contributed by atoms with Crippen molar-refractivity contribution in [2.45, 2.75) is 38.1 Å². The molecule has 10 heteroatoms. The van der Waals surface area contributed by atoms with Gasteiger partial charge in [-0.05, 0) is 49.1 Å². The summed E-state index contributed by atoms with van der Waals surface area (Å²) < 4.78 is 0. The van der Waals surface area contributed by atoms with Gasteiger partial charge < -0.3 is 15.1 Å². The summed E-state index contributed by atoms with van der Waals surface area (Å²) in [6.07, 6.45) is 2.79. The fraction of sp³-hybridized carbons (Fsp3) is 0.550. The molecule has 3 rings (SSSR count). The molecule has 2 heterocycles. The van der Waals surface area contributed by atoms with Gasteiger partial charge >= 0.3 is 0 Å². The van der Waals surface area contributed by atoms with Crippen LogP contribution < -0.4 is 15.5 Å². The van der Waals surface area contributed by atoms with Crippen molar-refractivity contribution in [3.63, 3.8) is 0 Å². The van der Waals surface area contributed by atoms with Gasteiger partial charge in [-0.2, -0.15) is 0 Å². The van der Waals surface area contributed by atoms with Crippen molar-refractivity contribution in [1.82, 2.24) is 10.2 Å². The standard InChI is InChI=1S/C20H27N7O3/c21-25-22-10-2-1-3-19(29)27-13-11-26(12-14-27)16-6-4-15(5-7-16)23-17-8-9-18(28)24-20(17)30/h4-7,17,23H,1-3,8-14H2,(H,24,28,30). The molecule has 2 aliphatic rings. The number of anilines is 2. The largest absolute Gasteiger partial charge is 0.374 e. The van der Waals surface area contributed by atoms with Crippen molar-refractivity contribution < 1.29 is 14.4 Å². The van der Waals surface area contributed by atoms with Crippen LogP contribution in [0.2, 0.25) is 0 Å². The van der Waals surface area contributed by atoms with E-state index in [9.17, 15) is 14.4 Å². The molecule has 0 radical (unpaired) electrons. The highest BCUT2D eigenvalue weighted by Crippen LogP contribution is 2.21. The van der Waals surface area contributed by atoms with Gasteiger partial charge in [-0.3, -0.25) is 19.7 Å². The number of piperidine rings is 1. The molecule has 0 saturated carbocycles. The van der Waals surface area contributed by atoms with Crippen LogP contribution in [0.3, 0.4) is 0 Å². The summed E-state index contributed by atoms with van der Waals surface area (Å²) in [6, 6.07) is 7.47. The van der Waals surface area contributed by atoms with Gasteiger partial charge in [0.1, 0.15) is 6.04 Å². The quantitative estimate of drug-likeness (QED) is 0.221. The smallest absolute Gasteiger partial charge is 0.249 e. The molecule has 160 valence electrons. The summed E-state index contributed by atoms with van der Waals surface area (Å²) in [7, 11) is 0. The van der Waals surface area contributed by atoms with Gasteiger partial charge in [0.05, 0.1) is 0 Å². The third-order valence-electron chi connectivity index (χ3n) is 5.41. The third kappa shape index (κ3) is 5.87. The SMILES string of the molecule is [N-]=[N+]=NCCCCC(=O)N1CCN(c2ccc(NC3CCC(=O)NC3=O)cc2)CC1. The minimum Gasteiger partial charge on any atom is -0.374 e. The molecule has 2 fully saturated rings. The number of nitrogens with zero attached hydrogens (tertiary/aromatic N) is 5. The second-order valence-corrected chi connectivity index (χ2v) is 7.47. The van der Waals surface area contributed by atoms with E-state index in [1.165, 1.54) is 0 Å². The van der Waals surface area contributed by atoms with E-state index in [1.54, 1.807) is 0 Å². The maximum Gasteiger partial charge on any atom is 0.249 e. The number of azide groups is 1. The van der Waals surface area contributed by atoms with Gasteiger partial charge in [-0.15, -0.1) is 0 Å². The maximum atomic E-state index is 12.3. The number of imide groups is 1. The highest BCUT2D eigenvalue weighted by molar-refractivity contribution is 6.01. The molecule has 0 aromatic heterocycles. The topological polar surface area (TPSA) is 131 Å². The molecule has 1 aromatic carbocycles. The average Bonchev–Trinajstić information content (AvgIpc) is 2.76. The van der Waals surface area contributed by atoms with Crippen molar-refractivity contribution >= 4 is 29.1 Å². The zero-order chi connectivity index (χ0) is 21.3. The zero-order valence-corrected chi connectivity index (χ0v) is 16.9. The molecule has 1 aromatic rings. The number of carbonyl (C=O) groups is 3. The summed E-state index contributed by atoms with van der Waals surface area (Å²) in [4.78, 5) is 42.2. The Bertz CT molecular complexity index is 812. The lowest BCUT2D eigenvalue weighted by molar-refractivity contribution is -0.134. The Morgan fingerprint density at radius 2 is 1.90 bits per heavy atom. The number of unbranched alkanes of at least 4 members (excludes halogenated alkanes) is 1. The van der Waals surface area contributed by atoms with Gasteiger partial charge in [0.2, 0.25) is 17.7 Å². The minimum absolute atomic E-state index is 0.152. The molecule has 2 saturated heterocycles. The number of hydrogen-bond acceptors (Lipinski definition) is 6. The Morgan fingerprint density at radius 3 is 2.57 bits per heavy atom. The Morgan fingerprint density at radius 1 is 1.17 bits per heavy atom. The number of hydrogen-bond donors (Lipinski definition) is 2. The van der Waals surface area contributed by atoms with E-state index in [4.69, 9.17) is 5.53 Å². The number of piperazine rings is 1. The van der Waals surface area contributed by atoms with E-state index in [0.29, 0.717) is 38.9 Å². The Kier molecular flexibility index (Phi) is 7.51. The lowest BCUT2D eigenvalue weighted by atomic mass is 10.1. The summed E-state index contributed by atoms with van der Waals surface area (Å²) >= 11 is 0. The van der Waals surface area contributed by atoms with Crippen LogP contribution in [0.1, 0.15) is 32.1 Å². The third-order valence-corrected chi connectivity index (χ3v) is 5.41. The van der Waals surface area contributed by atoms with E-state index in [-0.39, 0.29) is 17.7 Å². The first-order valence-corrected chi connectivity index (χ1v) is 10.3. The normalized spacial score (nSPS) is 19.1. The first-order chi connectivity index (χ1) is 14.6. The predicted octanol–water partition coefficient (Wildman–Crippen LogP) is 2.03. The fourth-order valence-electron chi connectivity index (χ4n) is 3.68. The molecular weight excluding hydrogens is 386 g/mol. The predicted molar refractivity (Wildman–Crippen MR) is 113 cm³/mol. The molecule has 0 aliphatic carbocycles. The number of rotatable bonds is 8. The molecule has 2 N–H and O–H groups in total. The molecule has 0 bridgehead atoms. The minimum atomic E-state index is -0.394. The van der Waals surface area contributed by atoms with E-state index < -0.39 is 6.04 Å².